The number of nitrogens with zero attached hydrogens (tertiary/aromatic N) is 1. The molecule has 0 saturated carbocycles. The summed E-state index contributed by atoms with van der Waals surface area (Å²) in [7, 11) is 0. The van der Waals surface area contributed by atoms with Crippen molar-refractivity contribution in [3.05, 3.63) is 0 Å². The molecule has 1 heterocycles. The Labute approximate surface area is 70.9 Å². The van der Waals surface area contributed by atoms with E-state index in [1.165, 1.54) is 30.4 Å². The third kappa shape index (κ3) is 1.80. The highest BCUT2D eigenvalue weighted by Gasteiger charge is 2.24. The van der Waals surface area contributed by atoms with Gasteiger partial charge in [0.1, 0.15) is 0 Å². The van der Waals surface area contributed by atoms with Gasteiger partial charge in [-0.25, -0.2) is 0 Å². The van der Waals surface area contributed by atoms with Crippen molar-refractivity contribution < 1.29 is 0 Å². The number of alkyl halides is 1. The number of likely N-dealkylation sites (tertiary alicyclic amines) is 1. The van der Waals surface area contributed by atoms with Crippen molar-refractivity contribution in [1.29, 1.82) is 0 Å². The molecule has 1 atom stereocenters. The van der Waals surface area contributed by atoms with Gasteiger partial charge in [-0.2, -0.15) is 0 Å². The fourth-order valence-electron chi connectivity index (χ4n) is 1.36. The third-order valence-corrected chi connectivity index (χ3v) is 2.59. The fourth-order valence-corrected chi connectivity index (χ4v) is 1.98. The van der Waals surface area contributed by atoms with Crippen LogP contribution in [0.15, 0.2) is 0 Å². The first kappa shape index (κ1) is 7.79. The molecule has 1 nitrogen and oxygen atoms in total. The monoisotopic (exact) mass is 239 g/mol. The van der Waals surface area contributed by atoms with Gasteiger partial charge < -0.3 is 0 Å². The maximum atomic E-state index is 2.58. The molecule has 1 fully saturated rings. The molecular weight excluding hydrogens is 225 g/mol. The molecule has 0 aliphatic carbocycles. The minimum atomic E-state index is 0.930. The SMILES string of the molecule is CCC1CCN1CCI. The van der Waals surface area contributed by atoms with E-state index in [9.17, 15) is 0 Å². The van der Waals surface area contributed by atoms with E-state index in [-0.39, 0.29) is 0 Å². The first-order chi connectivity index (χ1) is 4.38. The summed E-state index contributed by atoms with van der Waals surface area (Å²) in [6.45, 7) is 4.94. The van der Waals surface area contributed by atoms with Gasteiger partial charge in [0.05, 0.1) is 0 Å². The van der Waals surface area contributed by atoms with Crippen LogP contribution in [0.2, 0.25) is 0 Å². The normalized spacial score (nSPS) is 28.0. The summed E-state index contributed by atoms with van der Waals surface area (Å²) in [5.41, 5.74) is 0. The van der Waals surface area contributed by atoms with E-state index in [1.54, 1.807) is 0 Å². The molecule has 0 spiro atoms. The summed E-state index contributed by atoms with van der Waals surface area (Å²) < 4.78 is 1.29. The lowest BCUT2D eigenvalue weighted by atomic mass is 10.0. The predicted octanol–water partition coefficient (Wildman–Crippen LogP) is 1.91. The van der Waals surface area contributed by atoms with Crippen LogP contribution in [0.4, 0.5) is 0 Å². The second-order valence-electron chi connectivity index (χ2n) is 2.58. The lowest BCUT2D eigenvalue weighted by molar-refractivity contribution is 0.0972. The molecule has 1 aliphatic heterocycles. The molecule has 9 heavy (non-hydrogen) atoms. The van der Waals surface area contributed by atoms with E-state index < -0.39 is 0 Å². The molecule has 1 saturated heterocycles. The second kappa shape index (κ2) is 3.76. The minimum absolute atomic E-state index is 0.930. The standard InChI is InChI=1S/C7H14IN/c1-2-7-3-5-9(7)6-4-8/h7H,2-6H2,1H3. The average Bonchev–Trinajstić information content (AvgIpc) is 1.82. The third-order valence-electron chi connectivity index (χ3n) is 2.11. The van der Waals surface area contributed by atoms with Gasteiger partial charge in [0, 0.05) is 17.0 Å². The van der Waals surface area contributed by atoms with Crippen LogP contribution in [0.1, 0.15) is 19.8 Å². The Morgan fingerprint density at radius 3 is 2.78 bits per heavy atom. The van der Waals surface area contributed by atoms with Gasteiger partial charge in [-0.15, -0.1) is 0 Å². The van der Waals surface area contributed by atoms with Gasteiger partial charge >= 0.3 is 0 Å². The largest absolute Gasteiger partial charge is 0.300 e. The number of rotatable bonds is 3. The van der Waals surface area contributed by atoms with Crippen LogP contribution in [-0.2, 0) is 0 Å². The summed E-state index contributed by atoms with van der Waals surface area (Å²) in [6.07, 6.45) is 2.78. The van der Waals surface area contributed by atoms with Crippen LogP contribution in [-0.4, -0.2) is 28.5 Å². The van der Waals surface area contributed by atoms with Crippen LogP contribution in [0.25, 0.3) is 0 Å². The van der Waals surface area contributed by atoms with Crippen LogP contribution in [0.3, 0.4) is 0 Å². The molecule has 0 amide bonds. The number of halogens is 1. The van der Waals surface area contributed by atoms with Crippen molar-refractivity contribution in [2.75, 3.05) is 17.5 Å². The molecule has 1 unspecified atom stereocenters. The maximum absolute atomic E-state index is 2.58. The summed E-state index contributed by atoms with van der Waals surface area (Å²) in [5, 5.41) is 0. The highest BCUT2D eigenvalue weighted by Crippen LogP contribution is 2.19. The second-order valence-corrected chi connectivity index (χ2v) is 3.65. The zero-order valence-corrected chi connectivity index (χ0v) is 8.10. The van der Waals surface area contributed by atoms with Gasteiger partial charge in [0.15, 0.2) is 0 Å². The van der Waals surface area contributed by atoms with Gasteiger partial charge in [0.2, 0.25) is 0 Å². The minimum Gasteiger partial charge on any atom is -0.300 e. The quantitative estimate of drug-likeness (QED) is 0.537. The summed E-state index contributed by atoms with van der Waals surface area (Å²) >= 11 is 2.44. The fraction of sp³-hybridized carbons (Fsp3) is 1.00. The first-order valence-corrected chi connectivity index (χ1v) is 5.21. The molecule has 0 bridgehead atoms. The highest BCUT2D eigenvalue weighted by atomic mass is 127. The molecule has 2 heteroatoms. The Kier molecular flexibility index (Phi) is 3.26. The van der Waals surface area contributed by atoms with E-state index in [2.05, 4.69) is 34.4 Å². The van der Waals surface area contributed by atoms with E-state index in [0.717, 1.165) is 6.04 Å². The lowest BCUT2D eigenvalue weighted by Gasteiger charge is -2.40. The van der Waals surface area contributed by atoms with Crippen LogP contribution >= 0.6 is 22.6 Å². The summed E-state index contributed by atoms with van der Waals surface area (Å²) in [5.74, 6) is 0. The van der Waals surface area contributed by atoms with Gasteiger partial charge in [0.25, 0.3) is 0 Å². The van der Waals surface area contributed by atoms with Crippen molar-refractivity contribution in [3.63, 3.8) is 0 Å². The Hall–Kier alpha value is 0.690. The van der Waals surface area contributed by atoms with Crippen LogP contribution in [0, 0.1) is 0 Å². The van der Waals surface area contributed by atoms with Gasteiger partial charge in [-0.05, 0) is 19.4 Å². The van der Waals surface area contributed by atoms with E-state index >= 15 is 0 Å². The Bertz CT molecular complexity index is 83.0. The lowest BCUT2D eigenvalue weighted by Crippen LogP contribution is -2.47. The van der Waals surface area contributed by atoms with Crippen LogP contribution < -0.4 is 0 Å². The Balaban J connectivity index is 2.11. The summed E-state index contributed by atoms with van der Waals surface area (Å²) in [6, 6.07) is 0.930. The molecule has 0 N–H and O–H groups in total. The van der Waals surface area contributed by atoms with Crippen molar-refractivity contribution in [3.8, 4) is 0 Å². The summed E-state index contributed by atoms with van der Waals surface area (Å²) in [4.78, 5) is 2.58. The van der Waals surface area contributed by atoms with Crippen molar-refractivity contribution in [2.45, 2.75) is 25.8 Å². The van der Waals surface area contributed by atoms with Crippen molar-refractivity contribution in [2.24, 2.45) is 0 Å². The molecule has 0 aromatic rings. The molecule has 0 aromatic carbocycles. The highest BCUT2D eigenvalue weighted by molar-refractivity contribution is 14.1. The molecule has 1 aliphatic rings. The predicted molar refractivity (Wildman–Crippen MR) is 49.2 cm³/mol. The van der Waals surface area contributed by atoms with E-state index in [1.807, 2.05) is 0 Å². The smallest absolute Gasteiger partial charge is 0.0123 e. The topological polar surface area (TPSA) is 3.24 Å². The zero-order valence-electron chi connectivity index (χ0n) is 5.94. The van der Waals surface area contributed by atoms with E-state index in [0.29, 0.717) is 0 Å². The maximum Gasteiger partial charge on any atom is 0.0123 e. The zero-order chi connectivity index (χ0) is 6.69. The van der Waals surface area contributed by atoms with E-state index in [4.69, 9.17) is 0 Å². The van der Waals surface area contributed by atoms with Crippen molar-refractivity contribution >= 4 is 22.6 Å². The first-order valence-electron chi connectivity index (χ1n) is 3.68. The molecular formula is C7H14IN. The van der Waals surface area contributed by atoms with Crippen molar-refractivity contribution in [1.82, 2.24) is 4.90 Å². The molecule has 1 rings (SSSR count). The Morgan fingerprint density at radius 1 is 1.67 bits per heavy atom. The van der Waals surface area contributed by atoms with Gasteiger partial charge in [-0.3, -0.25) is 4.90 Å². The molecule has 54 valence electrons. The van der Waals surface area contributed by atoms with Crippen LogP contribution in [0.5, 0.6) is 0 Å². The number of hydrogen-bond donors (Lipinski definition) is 0. The average molecular weight is 239 g/mol. The Morgan fingerprint density at radius 2 is 2.44 bits per heavy atom. The number of hydrogen-bond acceptors (Lipinski definition) is 1. The van der Waals surface area contributed by atoms with Gasteiger partial charge in [-0.1, -0.05) is 29.5 Å². The molecule has 0 aromatic heterocycles. The molecule has 0 radical (unpaired) electrons.